The van der Waals surface area contributed by atoms with Crippen LogP contribution in [-0.2, 0) is 4.74 Å². The van der Waals surface area contributed by atoms with Gasteiger partial charge in [-0.1, -0.05) is 13.8 Å². The van der Waals surface area contributed by atoms with Crippen molar-refractivity contribution < 1.29 is 4.74 Å². The molecule has 1 N–H and O–H groups in total. The van der Waals surface area contributed by atoms with E-state index >= 15 is 0 Å². The second-order valence-electron chi connectivity index (χ2n) is 2.84. The van der Waals surface area contributed by atoms with Crippen LogP contribution in [0.15, 0.2) is 12.3 Å². The molecule has 13 heavy (non-hydrogen) atoms. The summed E-state index contributed by atoms with van der Waals surface area (Å²) in [5.74, 6) is 0. The molecule has 0 saturated heterocycles. The van der Waals surface area contributed by atoms with Gasteiger partial charge in [-0.05, 0) is 26.8 Å². The van der Waals surface area contributed by atoms with Crippen LogP contribution in [0.3, 0.4) is 0 Å². The molecule has 1 aromatic heterocycles. The van der Waals surface area contributed by atoms with E-state index in [1.54, 1.807) is 6.20 Å². The molecule has 0 aliphatic heterocycles. The molecule has 1 rings (SSSR count). The molecular formula is C10H20N2O. The van der Waals surface area contributed by atoms with Gasteiger partial charge in [-0.15, -0.1) is 0 Å². The average molecular weight is 184 g/mol. The van der Waals surface area contributed by atoms with Crippen molar-refractivity contribution in [3.63, 3.8) is 0 Å². The minimum atomic E-state index is 0.109. The predicted molar refractivity (Wildman–Crippen MR) is 54.6 cm³/mol. The van der Waals surface area contributed by atoms with Crippen molar-refractivity contribution in [2.45, 2.75) is 46.8 Å². The Kier molecular flexibility index (Phi) is 6.24. The maximum Gasteiger partial charge on any atom is 0.0964 e. The number of hydrogen-bond donors (Lipinski definition) is 1. The van der Waals surface area contributed by atoms with E-state index in [1.165, 1.54) is 0 Å². The molecule has 0 aliphatic carbocycles. The van der Waals surface area contributed by atoms with E-state index < -0.39 is 0 Å². The molecule has 0 amide bonds. The van der Waals surface area contributed by atoms with Gasteiger partial charge >= 0.3 is 0 Å². The molecule has 0 saturated carbocycles. The molecule has 0 spiro atoms. The van der Waals surface area contributed by atoms with Gasteiger partial charge in [-0.25, -0.2) is 0 Å². The minimum absolute atomic E-state index is 0.109. The van der Waals surface area contributed by atoms with E-state index in [0.29, 0.717) is 0 Å². The molecule has 1 heterocycles. The number of ether oxygens (including phenoxy) is 1. The first-order valence-corrected chi connectivity index (χ1v) is 4.85. The van der Waals surface area contributed by atoms with Crippen LogP contribution in [0.2, 0.25) is 0 Å². The highest BCUT2D eigenvalue weighted by atomic mass is 16.5. The number of H-pyrrole nitrogens is 1. The Bertz CT molecular complexity index is 195. The van der Waals surface area contributed by atoms with Crippen molar-refractivity contribution in [3.05, 3.63) is 18.0 Å². The normalized spacial score (nSPS) is 12.2. The topological polar surface area (TPSA) is 37.9 Å². The van der Waals surface area contributed by atoms with Crippen LogP contribution in [0.5, 0.6) is 0 Å². The summed E-state index contributed by atoms with van der Waals surface area (Å²) in [4.78, 5) is 0. The molecule has 1 unspecified atom stereocenters. The molecule has 0 aliphatic rings. The molecule has 3 heteroatoms. The summed E-state index contributed by atoms with van der Waals surface area (Å²) in [6.45, 7) is 10.0. The number of nitrogens with one attached hydrogen (secondary N) is 1. The smallest absolute Gasteiger partial charge is 0.0964 e. The van der Waals surface area contributed by atoms with E-state index in [0.717, 1.165) is 5.69 Å². The molecule has 1 atom stereocenters. The Labute approximate surface area is 80.5 Å². The minimum Gasteiger partial charge on any atom is -0.370 e. The second kappa shape index (κ2) is 6.66. The zero-order chi connectivity index (χ0) is 10.3. The molecular weight excluding hydrogens is 164 g/mol. The number of rotatable bonds is 3. The predicted octanol–water partition coefficient (Wildman–Crippen LogP) is 2.92. The third-order valence-electron chi connectivity index (χ3n) is 1.44. The van der Waals surface area contributed by atoms with Crippen LogP contribution >= 0.6 is 0 Å². The van der Waals surface area contributed by atoms with E-state index in [1.807, 2.05) is 40.7 Å². The highest BCUT2D eigenvalue weighted by Crippen LogP contribution is 2.14. The first-order chi connectivity index (χ1) is 6.20. The monoisotopic (exact) mass is 184 g/mol. The molecule has 0 aromatic carbocycles. The van der Waals surface area contributed by atoms with Gasteiger partial charge in [0.25, 0.3) is 0 Å². The van der Waals surface area contributed by atoms with Crippen molar-refractivity contribution in [2.75, 3.05) is 0 Å². The highest BCUT2D eigenvalue weighted by Gasteiger charge is 2.07. The van der Waals surface area contributed by atoms with Crippen molar-refractivity contribution in [2.24, 2.45) is 0 Å². The zero-order valence-electron chi connectivity index (χ0n) is 9.16. The number of hydrogen-bond acceptors (Lipinski definition) is 2. The van der Waals surface area contributed by atoms with Crippen LogP contribution in [0.4, 0.5) is 0 Å². The van der Waals surface area contributed by atoms with Crippen molar-refractivity contribution in [3.8, 4) is 0 Å². The first kappa shape index (κ1) is 12.2. The van der Waals surface area contributed by atoms with Crippen LogP contribution < -0.4 is 0 Å². The number of aromatic amines is 1. The summed E-state index contributed by atoms with van der Waals surface area (Å²) in [6, 6.07) is 1.92. The van der Waals surface area contributed by atoms with Gasteiger partial charge in [-0.3, -0.25) is 5.10 Å². The third-order valence-corrected chi connectivity index (χ3v) is 1.44. The van der Waals surface area contributed by atoms with Crippen molar-refractivity contribution in [1.82, 2.24) is 10.2 Å². The number of nitrogens with zero attached hydrogens (tertiary/aromatic N) is 1. The summed E-state index contributed by atoms with van der Waals surface area (Å²) < 4.78 is 5.52. The Morgan fingerprint density at radius 2 is 1.92 bits per heavy atom. The maximum atomic E-state index is 5.52. The number of aromatic nitrogens is 2. The standard InChI is InChI=1S/C8H14N2O.C2H6/c1-6(2)11-7(3)8-4-5-9-10-8;1-2/h4-7H,1-3H3,(H,9,10);1-2H3. The van der Waals surface area contributed by atoms with Crippen LogP contribution in [0.25, 0.3) is 0 Å². The lowest BCUT2D eigenvalue weighted by Crippen LogP contribution is -2.07. The molecule has 0 fully saturated rings. The lowest BCUT2D eigenvalue weighted by Gasteiger charge is -2.13. The summed E-state index contributed by atoms with van der Waals surface area (Å²) >= 11 is 0. The molecule has 3 nitrogen and oxygen atoms in total. The summed E-state index contributed by atoms with van der Waals surface area (Å²) in [5.41, 5.74) is 1.03. The SMILES string of the molecule is CC.CC(C)OC(C)c1ccn[nH]1. The largest absolute Gasteiger partial charge is 0.370 e. The summed E-state index contributed by atoms with van der Waals surface area (Å²) in [6.07, 6.45) is 2.10. The van der Waals surface area contributed by atoms with Gasteiger partial charge < -0.3 is 4.74 Å². The van der Waals surface area contributed by atoms with Gasteiger partial charge in [0.15, 0.2) is 0 Å². The van der Waals surface area contributed by atoms with Crippen LogP contribution in [0, 0.1) is 0 Å². The second-order valence-corrected chi connectivity index (χ2v) is 2.84. The molecule has 1 aromatic rings. The fourth-order valence-electron chi connectivity index (χ4n) is 0.975. The summed E-state index contributed by atoms with van der Waals surface area (Å²) in [7, 11) is 0. The van der Waals surface area contributed by atoms with Gasteiger partial charge in [0, 0.05) is 6.20 Å². The van der Waals surface area contributed by atoms with Crippen molar-refractivity contribution in [1.29, 1.82) is 0 Å². The van der Waals surface area contributed by atoms with Gasteiger partial charge in [-0.2, -0.15) is 5.10 Å². The Morgan fingerprint density at radius 1 is 1.31 bits per heavy atom. The fourth-order valence-corrected chi connectivity index (χ4v) is 0.975. The van der Waals surface area contributed by atoms with Crippen LogP contribution in [0.1, 0.15) is 46.4 Å². The lowest BCUT2D eigenvalue weighted by molar-refractivity contribution is 0.0154. The van der Waals surface area contributed by atoms with Gasteiger partial charge in [0.05, 0.1) is 17.9 Å². The van der Waals surface area contributed by atoms with E-state index in [2.05, 4.69) is 10.2 Å². The first-order valence-electron chi connectivity index (χ1n) is 4.85. The van der Waals surface area contributed by atoms with Gasteiger partial charge in [0.1, 0.15) is 0 Å². The molecule has 76 valence electrons. The summed E-state index contributed by atoms with van der Waals surface area (Å²) in [5, 5.41) is 6.71. The quantitative estimate of drug-likeness (QED) is 0.784. The van der Waals surface area contributed by atoms with E-state index in [-0.39, 0.29) is 12.2 Å². The van der Waals surface area contributed by atoms with E-state index in [9.17, 15) is 0 Å². The fraction of sp³-hybridized carbons (Fsp3) is 0.700. The Morgan fingerprint density at radius 3 is 2.31 bits per heavy atom. The lowest BCUT2D eigenvalue weighted by atomic mass is 10.3. The van der Waals surface area contributed by atoms with Gasteiger partial charge in [0.2, 0.25) is 0 Å². The average Bonchev–Trinajstić information content (AvgIpc) is 2.58. The van der Waals surface area contributed by atoms with Crippen LogP contribution in [-0.4, -0.2) is 16.3 Å². The third kappa shape index (κ3) is 4.68. The van der Waals surface area contributed by atoms with Crippen molar-refractivity contribution >= 4 is 0 Å². The molecule has 0 radical (unpaired) electrons. The Hall–Kier alpha value is -0.830. The highest BCUT2D eigenvalue weighted by molar-refractivity contribution is 5.00. The Balaban J connectivity index is 0.000000671. The maximum absolute atomic E-state index is 5.52. The zero-order valence-corrected chi connectivity index (χ0v) is 9.16. The van der Waals surface area contributed by atoms with E-state index in [4.69, 9.17) is 4.74 Å². The molecule has 0 bridgehead atoms.